The lowest BCUT2D eigenvalue weighted by atomic mass is 10.1. The van der Waals surface area contributed by atoms with E-state index < -0.39 is 0 Å². The van der Waals surface area contributed by atoms with Crippen molar-refractivity contribution in [2.45, 2.75) is 6.42 Å². The molecule has 0 atom stereocenters. The van der Waals surface area contributed by atoms with Crippen LogP contribution in [0.3, 0.4) is 0 Å². The van der Waals surface area contributed by atoms with E-state index in [-0.39, 0.29) is 11.6 Å². The van der Waals surface area contributed by atoms with Crippen molar-refractivity contribution in [2.75, 3.05) is 11.9 Å². The number of anilines is 1. The van der Waals surface area contributed by atoms with Crippen LogP contribution in [0.1, 0.15) is 16.8 Å². The first-order valence-electron chi connectivity index (χ1n) is 8.06. The topological polar surface area (TPSA) is 38.3 Å². The molecule has 0 aromatic heterocycles. The third-order valence-corrected chi connectivity index (χ3v) is 3.68. The van der Waals surface area contributed by atoms with Crippen LogP contribution in [-0.2, 0) is 0 Å². The van der Waals surface area contributed by atoms with E-state index in [1.165, 1.54) is 24.3 Å². The third kappa shape index (κ3) is 4.91. The van der Waals surface area contributed by atoms with Crippen molar-refractivity contribution in [3.63, 3.8) is 0 Å². The molecule has 1 N–H and O–H groups in total. The summed E-state index contributed by atoms with van der Waals surface area (Å²) in [6.07, 6.45) is 0.341. The molecule has 0 aliphatic rings. The van der Waals surface area contributed by atoms with Gasteiger partial charge < -0.3 is 10.1 Å². The van der Waals surface area contributed by atoms with Gasteiger partial charge in [0.25, 0.3) is 0 Å². The molecule has 0 saturated heterocycles. The summed E-state index contributed by atoms with van der Waals surface area (Å²) in [6.45, 7) is 0.509. The lowest BCUT2D eigenvalue weighted by Gasteiger charge is -2.08. The molecular weight excluding hydrogens is 317 g/mol. The smallest absolute Gasteiger partial charge is 0.164 e. The van der Waals surface area contributed by atoms with Gasteiger partial charge in [0.1, 0.15) is 17.3 Å². The Balaban J connectivity index is 1.48. The van der Waals surface area contributed by atoms with E-state index in [4.69, 9.17) is 4.74 Å². The maximum absolute atomic E-state index is 12.9. The van der Waals surface area contributed by atoms with Gasteiger partial charge in [-0.25, -0.2) is 4.39 Å². The van der Waals surface area contributed by atoms with Crippen molar-refractivity contribution >= 4 is 11.5 Å². The van der Waals surface area contributed by atoms with Gasteiger partial charge in [-0.15, -0.1) is 0 Å². The minimum absolute atomic E-state index is 0.0171. The lowest BCUT2D eigenvalue weighted by molar-refractivity contribution is 0.0986. The van der Waals surface area contributed by atoms with Crippen LogP contribution in [0.15, 0.2) is 78.9 Å². The second-order valence-corrected chi connectivity index (χ2v) is 5.55. The Bertz CT molecular complexity index is 815. The van der Waals surface area contributed by atoms with Crippen LogP contribution < -0.4 is 10.1 Å². The minimum Gasteiger partial charge on any atom is -0.457 e. The zero-order valence-electron chi connectivity index (χ0n) is 13.6. The molecule has 3 nitrogen and oxygen atoms in total. The first kappa shape index (κ1) is 16.7. The van der Waals surface area contributed by atoms with Crippen LogP contribution in [0.25, 0.3) is 0 Å². The predicted molar refractivity (Wildman–Crippen MR) is 96.8 cm³/mol. The Kier molecular flexibility index (Phi) is 5.42. The summed E-state index contributed by atoms with van der Waals surface area (Å²) in [5, 5.41) is 3.20. The highest BCUT2D eigenvalue weighted by molar-refractivity contribution is 5.96. The molecule has 25 heavy (non-hydrogen) atoms. The number of ketones is 1. The van der Waals surface area contributed by atoms with Gasteiger partial charge in [0, 0.05) is 24.2 Å². The van der Waals surface area contributed by atoms with Gasteiger partial charge in [-0.3, -0.25) is 4.79 Å². The molecule has 0 aliphatic heterocycles. The van der Waals surface area contributed by atoms with Crippen LogP contribution in [0.5, 0.6) is 11.5 Å². The Morgan fingerprint density at radius 2 is 1.48 bits per heavy atom. The Morgan fingerprint density at radius 1 is 0.840 bits per heavy atom. The zero-order valence-corrected chi connectivity index (χ0v) is 13.6. The quantitative estimate of drug-likeness (QED) is 0.595. The van der Waals surface area contributed by atoms with Gasteiger partial charge >= 0.3 is 0 Å². The van der Waals surface area contributed by atoms with Crippen molar-refractivity contribution in [2.24, 2.45) is 0 Å². The summed E-state index contributed by atoms with van der Waals surface area (Å²) in [5.41, 5.74) is 1.43. The Labute approximate surface area is 146 Å². The minimum atomic E-state index is -0.340. The van der Waals surface area contributed by atoms with Gasteiger partial charge in [0.15, 0.2) is 5.78 Å². The largest absolute Gasteiger partial charge is 0.457 e. The second-order valence-electron chi connectivity index (χ2n) is 5.55. The maximum Gasteiger partial charge on any atom is 0.164 e. The number of halogens is 1. The third-order valence-electron chi connectivity index (χ3n) is 3.68. The molecule has 0 bridgehead atoms. The number of hydrogen-bond donors (Lipinski definition) is 1. The molecule has 126 valence electrons. The number of hydrogen-bond acceptors (Lipinski definition) is 3. The van der Waals surface area contributed by atoms with E-state index in [1.807, 2.05) is 54.6 Å². The van der Waals surface area contributed by atoms with Crippen LogP contribution in [0.2, 0.25) is 0 Å². The summed E-state index contributed by atoms with van der Waals surface area (Å²) in [4.78, 5) is 12.0. The number of ether oxygens (including phenoxy) is 1. The predicted octanol–water partition coefficient (Wildman–Crippen LogP) is 5.30. The van der Waals surface area contributed by atoms with Crippen molar-refractivity contribution in [1.29, 1.82) is 0 Å². The molecule has 0 radical (unpaired) electrons. The summed E-state index contributed by atoms with van der Waals surface area (Å²) >= 11 is 0. The average molecular weight is 335 g/mol. The molecule has 3 aromatic rings. The SMILES string of the molecule is O=C(CCNc1ccc(Oc2ccccc2)cc1)c1ccc(F)cc1. The van der Waals surface area contributed by atoms with Crippen LogP contribution >= 0.6 is 0 Å². The standard InChI is InChI=1S/C21H18FNO2/c22-17-8-6-16(7-9-17)21(24)14-15-23-18-10-12-20(13-11-18)25-19-4-2-1-3-5-19/h1-13,23H,14-15H2. The van der Waals surface area contributed by atoms with Gasteiger partial charge in [-0.2, -0.15) is 0 Å². The first-order chi connectivity index (χ1) is 12.2. The fourth-order valence-electron chi connectivity index (χ4n) is 2.37. The molecule has 0 aliphatic carbocycles. The van der Waals surface area contributed by atoms with E-state index >= 15 is 0 Å². The lowest BCUT2D eigenvalue weighted by Crippen LogP contribution is -2.08. The van der Waals surface area contributed by atoms with Gasteiger partial charge in [0.05, 0.1) is 0 Å². The van der Waals surface area contributed by atoms with Gasteiger partial charge in [-0.1, -0.05) is 18.2 Å². The maximum atomic E-state index is 12.9. The fraction of sp³-hybridized carbons (Fsp3) is 0.0952. The number of benzene rings is 3. The Hall–Kier alpha value is -3.14. The number of rotatable bonds is 7. The van der Waals surface area contributed by atoms with E-state index in [2.05, 4.69) is 5.32 Å². The van der Waals surface area contributed by atoms with E-state index in [9.17, 15) is 9.18 Å². The highest BCUT2D eigenvalue weighted by Gasteiger charge is 2.05. The molecule has 4 heteroatoms. The summed E-state index contributed by atoms with van der Waals surface area (Å²) in [7, 11) is 0. The molecule has 3 aromatic carbocycles. The molecular formula is C21H18FNO2. The molecule has 0 heterocycles. The number of Topliss-reactive ketones (excluding diaryl/α,β-unsaturated/α-hetero) is 1. The van der Waals surface area contributed by atoms with Crippen molar-refractivity contribution in [3.8, 4) is 11.5 Å². The van der Waals surface area contributed by atoms with Crippen LogP contribution in [-0.4, -0.2) is 12.3 Å². The molecule has 0 unspecified atom stereocenters. The number of nitrogens with one attached hydrogen (secondary N) is 1. The fourth-order valence-corrected chi connectivity index (χ4v) is 2.37. The molecule has 0 spiro atoms. The summed E-state index contributed by atoms with van der Waals surface area (Å²) in [5.74, 6) is 1.18. The second kappa shape index (κ2) is 8.11. The van der Waals surface area contributed by atoms with E-state index in [1.54, 1.807) is 0 Å². The van der Waals surface area contributed by atoms with E-state index in [0.29, 0.717) is 18.5 Å². The highest BCUT2D eigenvalue weighted by atomic mass is 19.1. The van der Waals surface area contributed by atoms with Gasteiger partial charge in [-0.05, 0) is 60.7 Å². The zero-order chi connectivity index (χ0) is 17.5. The molecule has 0 amide bonds. The number of carbonyl (C=O) groups excluding carboxylic acids is 1. The summed E-state index contributed by atoms with van der Waals surface area (Å²) in [6, 6.07) is 22.7. The highest BCUT2D eigenvalue weighted by Crippen LogP contribution is 2.22. The normalized spacial score (nSPS) is 10.3. The Morgan fingerprint density at radius 3 is 2.16 bits per heavy atom. The summed E-state index contributed by atoms with van der Waals surface area (Å²) < 4.78 is 18.6. The van der Waals surface area contributed by atoms with Crippen molar-refractivity contribution in [1.82, 2.24) is 0 Å². The molecule has 3 rings (SSSR count). The van der Waals surface area contributed by atoms with E-state index in [0.717, 1.165) is 17.2 Å². The number of para-hydroxylation sites is 1. The molecule has 0 saturated carbocycles. The first-order valence-corrected chi connectivity index (χ1v) is 8.06. The van der Waals surface area contributed by atoms with Gasteiger partial charge in [0.2, 0.25) is 0 Å². The van der Waals surface area contributed by atoms with Crippen LogP contribution in [0, 0.1) is 5.82 Å². The monoisotopic (exact) mass is 335 g/mol. The average Bonchev–Trinajstić information content (AvgIpc) is 2.64. The number of carbonyl (C=O) groups is 1. The molecule has 0 fully saturated rings. The van der Waals surface area contributed by atoms with Crippen molar-refractivity contribution < 1.29 is 13.9 Å². The van der Waals surface area contributed by atoms with Crippen molar-refractivity contribution in [3.05, 3.63) is 90.2 Å². The van der Waals surface area contributed by atoms with Crippen LogP contribution in [0.4, 0.5) is 10.1 Å².